The zero-order chi connectivity index (χ0) is 13.2. The number of aryl methyl sites for hydroxylation is 2. The first kappa shape index (κ1) is 15.1. The molecule has 0 fully saturated rings. The van der Waals surface area contributed by atoms with Crippen LogP contribution in [-0.2, 0) is 16.0 Å². The molecule has 5 heteroatoms. The number of hydrogen-bond acceptors (Lipinski definition) is 5. The lowest BCUT2D eigenvalue weighted by Gasteiger charge is -2.05. The Morgan fingerprint density at radius 3 is 2.67 bits per heavy atom. The third-order valence-corrected chi connectivity index (χ3v) is 2.81. The number of nitrogens with one attached hydrogen (secondary N) is 1. The molecule has 0 aliphatic rings. The third-order valence-electron chi connectivity index (χ3n) is 2.81. The first-order valence-electron chi connectivity index (χ1n) is 6.45. The molecule has 0 amide bonds. The summed E-state index contributed by atoms with van der Waals surface area (Å²) in [6.07, 6.45) is 2.18. The number of unbranched alkanes of at least 4 members (excludes halogenated alkanes) is 1. The molecule has 5 nitrogen and oxygen atoms in total. The number of rotatable bonds is 10. The fourth-order valence-corrected chi connectivity index (χ4v) is 1.67. The second-order valence-electron chi connectivity index (χ2n) is 4.29. The molecule has 0 aromatic carbocycles. The van der Waals surface area contributed by atoms with Crippen molar-refractivity contribution >= 4 is 0 Å². The van der Waals surface area contributed by atoms with Gasteiger partial charge < -0.3 is 19.3 Å². The van der Waals surface area contributed by atoms with Gasteiger partial charge in [-0.15, -0.1) is 0 Å². The maximum absolute atomic E-state index is 5.39. The summed E-state index contributed by atoms with van der Waals surface area (Å²) in [5.41, 5.74) is 2.15. The van der Waals surface area contributed by atoms with Crippen molar-refractivity contribution in [3.05, 3.63) is 17.0 Å². The van der Waals surface area contributed by atoms with Crippen molar-refractivity contribution in [3.8, 4) is 0 Å². The Labute approximate surface area is 109 Å². The Hall–Kier alpha value is -0.910. The molecule has 0 aliphatic carbocycles. The lowest BCUT2D eigenvalue weighted by atomic mass is 10.2. The predicted molar refractivity (Wildman–Crippen MR) is 69.6 cm³/mol. The quantitative estimate of drug-likeness (QED) is 0.647. The van der Waals surface area contributed by atoms with Gasteiger partial charge in [0.05, 0.1) is 18.9 Å². The molecule has 0 atom stereocenters. The van der Waals surface area contributed by atoms with Crippen LogP contribution in [0.3, 0.4) is 0 Å². The predicted octanol–water partition coefficient (Wildman–Crippen LogP) is 1.82. The Morgan fingerprint density at radius 1 is 1.17 bits per heavy atom. The molecule has 1 N–H and O–H groups in total. The molecule has 0 aliphatic heterocycles. The summed E-state index contributed by atoms with van der Waals surface area (Å²) >= 11 is 0. The van der Waals surface area contributed by atoms with E-state index in [9.17, 15) is 0 Å². The second-order valence-corrected chi connectivity index (χ2v) is 4.29. The van der Waals surface area contributed by atoms with Gasteiger partial charge in [0.25, 0.3) is 0 Å². The molecular weight excluding hydrogens is 232 g/mol. The first-order valence-corrected chi connectivity index (χ1v) is 6.45. The summed E-state index contributed by atoms with van der Waals surface area (Å²) in [5, 5.41) is 7.32. The number of hydrogen-bond donors (Lipinski definition) is 1. The van der Waals surface area contributed by atoms with Crippen LogP contribution in [0.4, 0.5) is 0 Å². The highest BCUT2D eigenvalue weighted by Crippen LogP contribution is 2.11. The molecule has 104 valence electrons. The number of aromatic nitrogens is 1. The van der Waals surface area contributed by atoms with Gasteiger partial charge in [-0.2, -0.15) is 0 Å². The molecule has 0 radical (unpaired) electrons. The standard InChI is InChI=1S/C13H24N2O3/c1-11-13(12(2)18-15-11)10-14-6-4-5-7-17-9-8-16-3/h14H,4-10H2,1-3H3. The van der Waals surface area contributed by atoms with Crippen LogP contribution in [0, 0.1) is 13.8 Å². The maximum Gasteiger partial charge on any atom is 0.138 e. The van der Waals surface area contributed by atoms with E-state index in [1.54, 1.807) is 7.11 Å². The van der Waals surface area contributed by atoms with Crippen LogP contribution in [0.5, 0.6) is 0 Å². The maximum atomic E-state index is 5.39. The fourth-order valence-electron chi connectivity index (χ4n) is 1.67. The summed E-state index contributed by atoms with van der Waals surface area (Å²) in [5.74, 6) is 0.905. The van der Waals surface area contributed by atoms with Crippen molar-refractivity contribution in [3.63, 3.8) is 0 Å². The van der Waals surface area contributed by atoms with Gasteiger partial charge in [0.15, 0.2) is 0 Å². The monoisotopic (exact) mass is 256 g/mol. The smallest absolute Gasteiger partial charge is 0.138 e. The third kappa shape index (κ3) is 5.62. The number of methoxy groups -OCH3 is 1. The summed E-state index contributed by atoms with van der Waals surface area (Å²) in [4.78, 5) is 0. The zero-order valence-electron chi connectivity index (χ0n) is 11.6. The van der Waals surface area contributed by atoms with Gasteiger partial charge in [0.1, 0.15) is 5.76 Å². The topological polar surface area (TPSA) is 56.5 Å². The van der Waals surface area contributed by atoms with Gasteiger partial charge in [-0.25, -0.2) is 0 Å². The molecule has 0 bridgehead atoms. The highest BCUT2D eigenvalue weighted by Gasteiger charge is 2.07. The molecule has 0 saturated carbocycles. The van der Waals surface area contributed by atoms with E-state index in [1.807, 2.05) is 13.8 Å². The van der Waals surface area contributed by atoms with E-state index in [4.69, 9.17) is 14.0 Å². The molecular formula is C13H24N2O3. The average molecular weight is 256 g/mol. The van der Waals surface area contributed by atoms with E-state index in [0.29, 0.717) is 13.2 Å². The van der Waals surface area contributed by atoms with Gasteiger partial charge in [-0.1, -0.05) is 5.16 Å². The van der Waals surface area contributed by atoms with Gasteiger partial charge in [-0.05, 0) is 33.2 Å². The second kappa shape index (κ2) is 9.08. The molecule has 0 spiro atoms. The van der Waals surface area contributed by atoms with Crippen molar-refractivity contribution in [2.24, 2.45) is 0 Å². The lowest BCUT2D eigenvalue weighted by molar-refractivity contribution is 0.0688. The van der Waals surface area contributed by atoms with Crippen LogP contribution in [0.2, 0.25) is 0 Å². The van der Waals surface area contributed by atoms with E-state index in [1.165, 1.54) is 5.56 Å². The Bertz CT molecular complexity index is 307. The highest BCUT2D eigenvalue weighted by molar-refractivity contribution is 5.20. The van der Waals surface area contributed by atoms with Crippen molar-refractivity contribution in [2.45, 2.75) is 33.2 Å². The van der Waals surface area contributed by atoms with Crippen molar-refractivity contribution in [2.75, 3.05) is 33.5 Å². The summed E-state index contributed by atoms with van der Waals surface area (Å²) in [6.45, 7) is 7.88. The van der Waals surface area contributed by atoms with Crippen LogP contribution in [0.25, 0.3) is 0 Å². The SMILES string of the molecule is COCCOCCCCNCc1c(C)noc1C. The largest absolute Gasteiger partial charge is 0.382 e. The van der Waals surface area contributed by atoms with Crippen molar-refractivity contribution < 1.29 is 14.0 Å². The van der Waals surface area contributed by atoms with E-state index < -0.39 is 0 Å². The van der Waals surface area contributed by atoms with Gasteiger partial charge >= 0.3 is 0 Å². The Balaban J connectivity index is 1.96. The minimum atomic E-state index is 0.671. The van der Waals surface area contributed by atoms with Crippen LogP contribution in [0.1, 0.15) is 29.9 Å². The van der Waals surface area contributed by atoms with Crippen LogP contribution in [0.15, 0.2) is 4.52 Å². The van der Waals surface area contributed by atoms with Crippen molar-refractivity contribution in [1.29, 1.82) is 0 Å². The van der Waals surface area contributed by atoms with Gasteiger partial charge in [0.2, 0.25) is 0 Å². The minimum Gasteiger partial charge on any atom is -0.382 e. The van der Waals surface area contributed by atoms with Crippen LogP contribution in [-0.4, -0.2) is 38.6 Å². The van der Waals surface area contributed by atoms with E-state index in [-0.39, 0.29) is 0 Å². The molecule has 1 aromatic heterocycles. The summed E-state index contributed by atoms with van der Waals surface area (Å²) < 4.78 is 15.4. The minimum absolute atomic E-state index is 0.671. The van der Waals surface area contributed by atoms with Crippen LogP contribution >= 0.6 is 0 Å². The molecule has 18 heavy (non-hydrogen) atoms. The lowest BCUT2D eigenvalue weighted by Crippen LogP contribution is -2.16. The number of ether oxygens (including phenoxy) is 2. The molecule has 1 aromatic rings. The normalized spacial score (nSPS) is 11.1. The van der Waals surface area contributed by atoms with Gasteiger partial charge in [-0.3, -0.25) is 0 Å². The molecule has 0 unspecified atom stereocenters. The Morgan fingerprint density at radius 2 is 2.00 bits per heavy atom. The summed E-state index contributed by atoms with van der Waals surface area (Å²) in [7, 11) is 1.68. The summed E-state index contributed by atoms with van der Waals surface area (Å²) in [6, 6.07) is 0. The highest BCUT2D eigenvalue weighted by atomic mass is 16.5. The molecule has 1 heterocycles. The fraction of sp³-hybridized carbons (Fsp3) is 0.769. The molecule has 1 rings (SSSR count). The molecule has 0 saturated heterocycles. The Kier molecular flexibility index (Phi) is 7.64. The van der Waals surface area contributed by atoms with E-state index in [2.05, 4.69) is 10.5 Å². The first-order chi connectivity index (χ1) is 8.75. The van der Waals surface area contributed by atoms with Crippen molar-refractivity contribution in [1.82, 2.24) is 10.5 Å². The average Bonchev–Trinajstić information content (AvgIpc) is 2.68. The van der Waals surface area contributed by atoms with Crippen LogP contribution < -0.4 is 5.32 Å². The van der Waals surface area contributed by atoms with E-state index in [0.717, 1.165) is 44.0 Å². The van der Waals surface area contributed by atoms with Gasteiger partial charge in [0, 0.05) is 25.8 Å². The van der Waals surface area contributed by atoms with E-state index >= 15 is 0 Å². The zero-order valence-corrected chi connectivity index (χ0v) is 11.6. The number of nitrogens with zero attached hydrogens (tertiary/aromatic N) is 1.